The lowest BCUT2D eigenvalue weighted by molar-refractivity contribution is -0.142. The zero-order chi connectivity index (χ0) is 20.1. The number of piperazine rings is 1. The third kappa shape index (κ3) is 5.46. The summed E-state index contributed by atoms with van der Waals surface area (Å²) in [5.41, 5.74) is 2.97. The van der Waals surface area contributed by atoms with Gasteiger partial charge in [0, 0.05) is 51.8 Å². The number of carbonyl (C=O) groups excluding carboxylic acids is 1. The number of hydrogen-bond donors (Lipinski definition) is 1. The molecular formula is C23H35IN4O2. The lowest BCUT2D eigenvalue weighted by atomic mass is 9.83. The van der Waals surface area contributed by atoms with Crippen molar-refractivity contribution >= 4 is 35.8 Å². The van der Waals surface area contributed by atoms with Crippen LogP contribution in [0.2, 0.25) is 0 Å². The van der Waals surface area contributed by atoms with Crippen molar-refractivity contribution < 1.29 is 9.53 Å². The second-order valence-electron chi connectivity index (χ2n) is 8.30. The fourth-order valence-electron chi connectivity index (χ4n) is 4.78. The molecule has 1 aromatic rings. The fraction of sp³-hybridized carbons (Fsp3) is 0.652. The van der Waals surface area contributed by atoms with Crippen molar-refractivity contribution in [2.45, 2.75) is 51.0 Å². The van der Waals surface area contributed by atoms with E-state index in [-0.39, 0.29) is 36.0 Å². The highest BCUT2D eigenvalue weighted by atomic mass is 127. The molecule has 3 aliphatic rings. The number of halogens is 1. The normalized spacial score (nSPS) is 24.2. The molecular weight excluding hydrogens is 491 g/mol. The van der Waals surface area contributed by atoms with Crippen molar-refractivity contribution in [2.75, 3.05) is 45.9 Å². The Balaban J connectivity index is 0.00000256. The van der Waals surface area contributed by atoms with E-state index in [9.17, 15) is 4.79 Å². The Bertz CT molecular complexity index is 728. The highest BCUT2D eigenvalue weighted by Gasteiger charge is 2.31. The Hall–Kier alpha value is -1.35. The maximum absolute atomic E-state index is 12.6. The Kier molecular flexibility index (Phi) is 8.80. The van der Waals surface area contributed by atoms with Gasteiger partial charge in [0.1, 0.15) is 6.10 Å². The topological polar surface area (TPSA) is 57.2 Å². The predicted molar refractivity (Wildman–Crippen MR) is 131 cm³/mol. The average Bonchev–Trinajstić information content (AvgIpc) is 3.31. The minimum Gasteiger partial charge on any atom is -0.368 e. The van der Waals surface area contributed by atoms with E-state index in [0.717, 1.165) is 64.7 Å². The van der Waals surface area contributed by atoms with Gasteiger partial charge in [0.05, 0.1) is 0 Å². The first kappa shape index (κ1) is 23.3. The first-order valence-corrected chi connectivity index (χ1v) is 11.3. The van der Waals surface area contributed by atoms with Crippen LogP contribution in [0.15, 0.2) is 29.3 Å². The van der Waals surface area contributed by atoms with E-state index in [2.05, 4.69) is 41.4 Å². The summed E-state index contributed by atoms with van der Waals surface area (Å²) in [6, 6.07) is 8.83. The molecule has 1 aliphatic carbocycles. The van der Waals surface area contributed by atoms with Gasteiger partial charge in [-0.2, -0.15) is 0 Å². The number of rotatable bonds is 4. The van der Waals surface area contributed by atoms with E-state index in [1.54, 1.807) is 0 Å². The van der Waals surface area contributed by atoms with E-state index < -0.39 is 0 Å². The second-order valence-corrected chi connectivity index (χ2v) is 8.30. The van der Waals surface area contributed by atoms with Crippen LogP contribution in [-0.4, -0.2) is 73.6 Å². The fourth-order valence-corrected chi connectivity index (χ4v) is 4.78. The lowest BCUT2D eigenvalue weighted by Gasteiger charge is -2.37. The number of amides is 1. The summed E-state index contributed by atoms with van der Waals surface area (Å²) >= 11 is 0. The van der Waals surface area contributed by atoms with Crippen LogP contribution in [-0.2, 0) is 16.0 Å². The van der Waals surface area contributed by atoms with Crippen molar-refractivity contribution in [1.82, 2.24) is 15.1 Å². The van der Waals surface area contributed by atoms with Crippen molar-refractivity contribution in [2.24, 2.45) is 4.99 Å². The monoisotopic (exact) mass is 526 g/mol. The number of carbonyl (C=O) groups is 1. The number of hydrogen-bond acceptors (Lipinski definition) is 3. The minimum absolute atomic E-state index is 0. The number of aryl methyl sites for hydroxylation is 1. The van der Waals surface area contributed by atoms with Gasteiger partial charge in [-0.1, -0.05) is 24.3 Å². The molecule has 6 nitrogen and oxygen atoms in total. The number of ether oxygens (including phenoxy) is 1. The van der Waals surface area contributed by atoms with Crippen LogP contribution in [0.5, 0.6) is 0 Å². The SMILES string of the molecule is CCNC(=NCC1CCCc2ccccc21)N1CCN(C(=O)C2CCCO2)CC1.I. The first-order chi connectivity index (χ1) is 14.3. The highest BCUT2D eigenvalue weighted by Crippen LogP contribution is 2.31. The molecule has 166 valence electrons. The molecule has 2 fully saturated rings. The maximum Gasteiger partial charge on any atom is 0.251 e. The molecule has 0 saturated carbocycles. The Labute approximate surface area is 197 Å². The van der Waals surface area contributed by atoms with Crippen LogP contribution in [0, 0.1) is 0 Å². The Morgan fingerprint density at radius 2 is 1.90 bits per heavy atom. The van der Waals surface area contributed by atoms with E-state index in [0.29, 0.717) is 5.92 Å². The van der Waals surface area contributed by atoms with Gasteiger partial charge in [-0.15, -0.1) is 24.0 Å². The average molecular weight is 526 g/mol. The van der Waals surface area contributed by atoms with Crippen LogP contribution in [0.3, 0.4) is 0 Å². The van der Waals surface area contributed by atoms with Gasteiger partial charge in [-0.25, -0.2) is 0 Å². The van der Waals surface area contributed by atoms with Crippen molar-refractivity contribution in [3.8, 4) is 0 Å². The molecule has 0 bridgehead atoms. The molecule has 2 unspecified atom stereocenters. The Morgan fingerprint density at radius 3 is 2.63 bits per heavy atom. The third-order valence-electron chi connectivity index (χ3n) is 6.39. The first-order valence-electron chi connectivity index (χ1n) is 11.3. The predicted octanol–water partition coefficient (Wildman–Crippen LogP) is 3.01. The van der Waals surface area contributed by atoms with Crippen molar-refractivity contribution in [3.63, 3.8) is 0 Å². The molecule has 1 N–H and O–H groups in total. The summed E-state index contributed by atoms with van der Waals surface area (Å²) in [6.45, 7) is 7.66. The van der Waals surface area contributed by atoms with Crippen molar-refractivity contribution in [3.05, 3.63) is 35.4 Å². The standard InChI is InChI=1S/C23H34N4O2.HI/c1-2-24-23(25-17-19-9-5-8-18-7-3-4-10-20(18)19)27-14-12-26(13-15-27)22(28)21-11-6-16-29-21;/h3-4,7,10,19,21H,2,5-6,8-9,11-17H2,1H3,(H,24,25);1H. The van der Waals surface area contributed by atoms with Crippen LogP contribution in [0.25, 0.3) is 0 Å². The van der Waals surface area contributed by atoms with E-state index in [1.165, 1.54) is 30.4 Å². The molecule has 2 heterocycles. The summed E-state index contributed by atoms with van der Waals surface area (Å²) in [7, 11) is 0. The number of aliphatic imine (C=N–C) groups is 1. The molecule has 1 aromatic carbocycles. The molecule has 30 heavy (non-hydrogen) atoms. The number of fused-ring (bicyclic) bond motifs is 1. The third-order valence-corrected chi connectivity index (χ3v) is 6.39. The van der Waals surface area contributed by atoms with Crippen molar-refractivity contribution in [1.29, 1.82) is 0 Å². The zero-order valence-corrected chi connectivity index (χ0v) is 20.3. The Morgan fingerprint density at radius 1 is 1.13 bits per heavy atom. The van der Waals surface area contributed by atoms with Crippen LogP contribution >= 0.6 is 24.0 Å². The van der Waals surface area contributed by atoms with Gasteiger partial charge >= 0.3 is 0 Å². The summed E-state index contributed by atoms with van der Waals surface area (Å²) in [4.78, 5) is 21.9. The quantitative estimate of drug-likeness (QED) is 0.373. The number of nitrogens with one attached hydrogen (secondary N) is 1. The van der Waals surface area contributed by atoms with E-state index >= 15 is 0 Å². The summed E-state index contributed by atoms with van der Waals surface area (Å²) in [5, 5.41) is 3.46. The number of nitrogens with zero attached hydrogens (tertiary/aromatic N) is 3. The van der Waals surface area contributed by atoms with Crippen LogP contribution < -0.4 is 5.32 Å². The summed E-state index contributed by atoms with van der Waals surface area (Å²) in [6.07, 6.45) is 5.30. The largest absolute Gasteiger partial charge is 0.368 e. The summed E-state index contributed by atoms with van der Waals surface area (Å²) < 4.78 is 5.57. The molecule has 4 rings (SSSR count). The number of guanidine groups is 1. The van der Waals surface area contributed by atoms with Crippen LogP contribution in [0.1, 0.15) is 49.7 Å². The number of benzene rings is 1. The van der Waals surface area contributed by atoms with Gasteiger partial charge in [0.2, 0.25) is 0 Å². The van der Waals surface area contributed by atoms with Gasteiger partial charge < -0.3 is 19.9 Å². The smallest absolute Gasteiger partial charge is 0.251 e. The molecule has 1 amide bonds. The minimum atomic E-state index is -0.213. The van der Waals surface area contributed by atoms with Gasteiger partial charge in [-0.3, -0.25) is 9.79 Å². The zero-order valence-electron chi connectivity index (χ0n) is 18.0. The van der Waals surface area contributed by atoms with E-state index in [4.69, 9.17) is 9.73 Å². The molecule has 2 aliphatic heterocycles. The molecule has 0 spiro atoms. The van der Waals surface area contributed by atoms with Gasteiger partial charge in [0.15, 0.2) is 5.96 Å². The van der Waals surface area contributed by atoms with Gasteiger partial charge in [-0.05, 0) is 50.2 Å². The van der Waals surface area contributed by atoms with E-state index in [1.807, 2.05) is 4.90 Å². The lowest BCUT2D eigenvalue weighted by Crippen LogP contribution is -2.55. The molecule has 7 heteroatoms. The van der Waals surface area contributed by atoms with Gasteiger partial charge in [0.25, 0.3) is 5.91 Å². The molecule has 2 saturated heterocycles. The summed E-state index contributed by atoms with van der Waals surface area (Å²) in [5.74, 6) is 1.67. The highest BCUT2D eigenvalue weighted by molar-refractivity contribution is 14.0. The maximum atomic E-state index is 12.6. The second kappa shape index (κ2) is 11.3. The van der Waals surface area contributed by atoms with Crippen LogP contribution in [0.4, 0.5) is 0 Å². The molecule has 2 atom stereocenters. The molecule has 0 aromatic heterocycles. The molecule has 0 radical (unpaired) electrons.